The molecule has 0 N–H and O–H groups in total. The summed E-state index contributed by atoms with van der Waals surface area (Å²) in [6, 6.07) is 8.46. The summed E-state index contributed by atoms with van der Waals surface area (Å²) in [5, 5.41) is 0.844. The van der Waals surface area contributed by atoms with Crippen LogP contribution in [0.15, 0.2) is 30.8 Å². The Hall–Kier alpha value is -0.560. The third-order valence-electron chi connectivity index (χ3n) is 2.13. The number of halogens is 1. The topological polar surface area (TPSA) is 0 Å². The fourth-order valence-electron chi connectivity index (χ4n) is 1.39. The molecule has 0 radical (unpaired) electrons. The largest absolute Gasteiger partial charge is 0.0944 e. The molecule has 0 aliphatic heterocycles. The van der Waals surface area contributed by atoms with E-state index in [0.29, 0.717) is 5.92 Å². The Bertz CT molecular complexity index is 300. The molecule has 0 aromatic heterocycles. The van der Waals surface area contributed by atoms with Gasteiger partial charge in [0, 0.05) is 5.33 Å². The van der Waals surface area contributed by atoms with Crippen LogP contribution in [0.2, 0.25) is 0 Å². The highest BCUT2D eigenvalue weighted by molar-refractivity contribution is 9.09. The smallest absolute Gasteiger partial charge is 0.0283 e. The van der Waals surface area contributed by atoms with E-state index in [2.05, 4.69) is 60.6 Å². The van der Waals surface area contributed by atoms with E-state index in [1.807, 2.05) is 0 Å². The van der Waals surface area contributed by atoms with Crippen LogP contribution in [0.5, 0.6) is 0 Å². The van der Waals surface area contributed by atoms with Crippen molar-refractivity contribution in [2.75, 3.05) is 5.33 Å². The van der Waals surface area contributed by atoms with E-state index in [-0.39, 0.29) is 0 Å². The Labute approximate surface area is 88.8 Å². The summed E-state index contributed by atoms with van der Waals surface area (Å²) in [5.74, 6) is 0.562. The minimum absolute atomic E-state index is 0.562. The number of hydrogen-bond acceptors (Lipinski definition) is 0. The molecule has 70 valence electrons. The lowest BCUT2D eigenvalue weighted by atomic mass is 9.94. The van der Waals surface area contributed by atoms with Crippen molar-refractivity contribution in [3.05, 3.63) is 42.0 Å². The summed E-state index contributed by atoms with van der Waals surface area (Å²) in [4.78, 5) is 0. The lowest BCUT2D eigenvalue weighted by Gasteiger charge is -2.12. The molecule has 0 aliphatic carbocycles. The van der Waals surface area contributed by atoms with Gasteiger partial charge in [0.05, 0.1) is 0 Å². The molecule has 1 aromatic carbocycles. The summed E-state index contributed by atoms with van der Waals surface area (Å²) in [6.45, 7) is 8.46. The molecule has 0 saturated carbocycles. The first-order valence-electron chi connectivity index (χ1n) is 4.50. The molecule has 0 saturated heterocycles. The molecule has 0 nitrogen and oxygen atoms in total. The number of benzene rings is 1. The van der Waals surface area contributed by atoms with Gasteiger partial charge in [0.2, 0.25) is 0 Å². The standard InChI is InChI=1S/C12H15Br/c1-9(2)11-6-4-5-7-12(11)10(3)8-13/h4-7,9H,3,8H2,1-2H3. The quantitative estimate of drug-likeness (QED) is 0.693. The molecule has 0 atom stereocenters. The van der Waals surface area contributed by atoms with E-state index < -0.39 is 0 Å². The number of rotatable bonds is 3. The molecule has 1 rings (SSSR count). The second-order valence-electron chi connectivity index (χ2n) is 3.48. The first kappa shape index (κ1) is 10.5. The maximum atomic E-state index is 4.04. The highest BCUT2D eigenvalue weighted by atomic mass is 79.9. The van der Waals surface area contributed by atoms with Crippen LogP contribution < -0.4 is 0 Å². The molecule has 13 heavy (non-hydrogen) atoms. The first-order chi connectivity index (χ1) is 6.16. The Morgan fingerprint density at radius 2 is 2.00 bits per heavy atom. The van der Waals surface area contributed by atoms with E-state index >= 15 is 0 Å². The summed E-state index contributed by atoms with van der Waals surface area (Å²) < 4.78 is 0. The highest BCUT2D eigenvalue weighted by Crippen LogP contribution is 2.25. The molecule has 1 heteroatoms. The van der Waals surface area contributed by atoms with Crippen molar-refractivity contribution in [3.8, 4) is 0 Å². The Balaban J connectivity index is 3.12. The van der Waals surface area contributed by atoms with Crippen LogP contribution in [-0.2, 0) is 0 Å². The van der Waals surface area contributed by atoms with Crippen molar-refractivity contribution in [1.29, 1.82) is 0 Å². The second kappa shape index (κ2) is 4.61. The second-order valence-corrected chi connectivity index (χ2v) is 4.04. The molecular formula is C12H15Br. The summed E-state index contributed by atoms with van der Waals surface area (Å²) in [5.41, 5.74) is 3.82. The molecule has 0 unspecified atom stereocenters. The van der Waals surface area contributed by atoms with Crippen molar-refractivity contribution in [1.82, 2.24) is 0 Å². The minimum Gasteiger partial charge on any atom is -0.0944 e. The number of allylic oxidation sites excluding steroid dienone is 1. The highest BCUT2D eigenvalue weighted by Gasteiger charge is 2.06. The van der Waals surface area contributed by atoms with Crippen molar-refractivity contribution < 1.29 is 0 Å². The van der Waals surface area contributed by atoms with Gasteiger partial charge in [-0.3, -0.25) is 0 Å². The molecule has 0 bridgehead atoms. The number of hydrogen-bond donors (Lipinski definition) is 0. The summed E-state index contributed by atoms with van der Waals surface area (Å²) in [7, 11) is 0. The van der Waals surface area contributed by atoms with Crippen molar-refractivity contribution in [2.24, 2.45) is 0 Å². The van der Waals surface area contributed by atoms with Gasteiger partial charge in [-0.2, -0.15) is 0 Å². The van der Waals surface area contributed by atoms with Crippen LogP contribution in [0.25, 0.3) is 5.57 Å². The predicted octanol–water partition coefficient (Wildman–Crippen LogP) is 4.22. The average molecular weight is 239 g/mol. The molecule has 1 aromatic rings. The average Bonchev–Trinajstić information content (AvgIpc) is 2.16. The van der Waals surface area contributed by atoms with Crippen LogP contribution >= 0.6 is 15.9 Å². The molecular weight excluding hydrogens is 224 g/mol. The molecule has 0 amide bonds. The number of alkyl halides is 1. The van der Waals surface area contributed by atoms with Gasteiger partial charge < -0.3 is 0 Å². The normalized spacial score (nSPS) is 10.5. The molecule has 0 fully saturated rings. The summed E-state index contributed by atoms with van der Waals surface area (Å²) >= 11 is 3.44. The Kier molecular flexibility index (Phi) is 3.73. The third-order valence-corrected chi connectivity index (χ3v) is 2.80. The van der Waals surface area contributed by atoms with Gasteiger partial charge in [-0.15, -0.1) is 0 Å². The van der Waals surface area contributed by atoms with Crippen LogP contribution in [-0.4, -0.2) is 5.33 Å². The molecule has 0 spiro atoms. The fraction of sp³-hybridized carbons (Fsp3) is 0.333. The van der Waals surface area contributed by atoms with Gasteiger partial charge in [-0.25, -0.2) is 0 Å². The molecule has 0 heterocycles. The Morgan fingerprint density at radius 3 is 2.54 bits per heavy atom. The monoisotopic (exact) mass is 238 g/mol. The van der Waals surface area contributed by atoms with E-state index in [0.717, 1.165) is 10.9 Å². The van der Waals surface area contributed by atoms with Crippen molar-refractivity contribution in [3.63, 3.8) is 0 Å². The lowest BCUT2D eigenvalue weighted by Crippen LogP contribution is -1.95. The van der Waals surface area contributed by atoms with E-state index in [1.165, 1.54) is 11.1 Å². The fourth-order valence-corrected chi connectivity index (χ4v) is 1.70. The van der Waals surface area contributed by atoms with Gasteiger partial charge in [-0.1, -0.05) is 60.6 Å². The maximum Gasteiger partial charge on any atom is 0.0283 e. The van der Waals surface area contributed by atoms with E-state index in [9.17, 15) is 0 Å². The summed E-state index contributed by atoms with van der Waals surface area (Å²) in [6.07, 6.45) is 0. The van der Waals surface area contributed by atoms with Gasteiger partial charge >= 0.3 is 0 Å². The predicted molar refractivity (Wildman–Crippen MR) is 63.4 cm³/mol. The van der Waals surface area contributed by atoms with Gasteiger partial charge in [0.25, 0.3) is 0 Å². The van der Waals surface area contributed by atoms with E-state index in [1.54, 1.807) is 0 Å². The van der Waals surface area contributed by atoms with Crippen LogP contribution in [0.4, 0.5) is 0 Å². The third kappa shape index (κ3) is 2.44. The minimum atomic E-state index is 0.562. The Morgan fingerprint density at radius 1 is 1.38 bits per heavy atom. The van der Waals surface area contributed by atoms with Crippen LogP contribution in [0.3, 0.4) is 0 Å². The lowest BCUT2D eigenvalue weighted by molar-refractivity contribution is 0.863. The van der Waals surface area contributed by atoms with Crippen molar-refractivity contribution in [2.45, 2.75) is 19.8 Å². The van der Waals surface area contributed by atoms with Crippen LogP contribution in [0, 0.1) is 0 Å². The van der Waals surface area contributed by atoms with Gasteiger partial charge in [0.15, 0.2) is 0 Å². The zero-order valence-corrected chi connectivity index (χ0v) is 9.76. The molecule has 0 aliphatic rings. The van der Waals surface area contributed by atoms with Crippen LogP contribution in [0.1, 0.15) is 30.9 Å². The van der Waals surface area contributed by atoms with E-state index in [4.69, 9.17) is 0 Å². The zero-order valence-electron chi connectivity index (χ0n) is 8.18. The van der Waals surface area contributed by atoms with Gasteiger partial charge in [0.1, 0.15) is 0 Å². The maximum absolute atomic E-state index is 4.04. The SMILES string of the molecule is C=C(CBr)c1ccccc1C(C)C. The van der Waals surface area contributed by atoms with Crippen molar-refractivity contribution >= 4 is 21.5 Å². The van der Waals surface area contributed by atoms with Gasteiger partial charge in [-0.05, 0) is 22.6 Å². The first-order valence-corrected chi connectivity index (χ1v) is 5.62. The zero-order chi connectivity index (χ0) is 9.84.